The highest BCUT2D eigenvalue weighted by molar-refractivity contribution is 6.32. The molecule has 0 aliphatic carbocycles. The number of halogens is 1. The van der Waals surface area contributed by atoms with E-state index in [4.69, 9.17) is 26.1 Å². The van der Waals surface area contributed by atoms with E-state index < -0.39 is 0 Å². The van der Waals surface area contributed by atoms with Crippen molar-refractivity contribution >= 4 is 28.2 Å². The lowest BCUT2D eigenvalue weighted by molar-refractivity contribution is 0.122. The standard InChI is InChI=1S/C24H26ClN3O2/c1-4-8-30-15-19-14-28-23-18(5-2)9-17(12-26)10-20(23)24(19)27-13-16-6-7-22(29-3)21(25)11-16/h6-7,9-11,14H,4-5,8,13,15H2,1-3H3,(H,27,28). The zero-order valence-corrected chi connectivity index (χ0v) is 18.3. The van der Waals surface area contributed by atoms with Crippen molar-refractivity contribution < 1.29 is 9.47 Å². The summed E-state index contributed by atoms with van der Waals surface area (Å²) in [4.78, 5) is 4.69. The summed E-state index contributed by atoms with van der Waals surface area (Å²) in [5.74, 6) is 0.648. The molecule has 0 aliphatic heterocycles. The van der Waals surface area contributed by atoms with Crippen LogP contribution in [0.5, 0.6) is 5.75 Å². The average Bonchev–Trinajstić information content (AvgIpc) is 2.77. The smallest absolute Gasteiger partial charge is 0.137 e. The summed E-state index contributed by atoms with van der Waals surface area (Å²) in [5, 5.41) is 14.5. The van der Waals surface area contributed by atoms with Crippen LogP contribution in [0.15, 0.2) is 36.5 Å². The molecular weight excluding hydrogens is 398 g/mol. The lowest BCUT2D eigenvalue weighted by Crippen LogP contribution is -2.07. The van der Waals surface area contributed by atoms with Gasteiger partial charge in [0.15, 0.2) is 0 Å². The van der Waals surface area contributed by atoms with E-state index in [1.165, 1.54) is 0 Å². The second-order valence-corrected chi connectivity index (χ2v) is 7.44. The number of methoxy groups -OCH3 is 1. The molecule has 0 aliphatic rings. The molecule has 0 saturated carbocycles. The molecular formula is C24H26ClN3O2. The van der Waals surface area contributed by atoms with Crippen LogP contribution in [0.2, 0.25) is 5.02 Å². The van der Waals surface area contributed by atoms with Gasteiger partial charge in [0.05, 0.1) is 41.6 Å². The molecule has 0 spiro atoms. The highest BCUT2D eigenvalue weighted by Gasteiger charge is 2.14. The number of nitrogens with one attached hydrogen (secondary N) is 1. The van der Waals surface area contributed by atoms with Crippen LogP contribution in [-0.2, 0) is 24.3 Å². The second-order valence-electron chi connectivity index (χ2n) is 7.03. The number of aromatic nitrogens is 1. The summed E-state index contributed by atoms with van der Waals surface area (Å²) < 4.78 is 11.0. The molecule has 30 heavy (non-hydrogen) atoms. The zero-order valence-electron chi connectivity index (χ0n) is 17.6. The van der Waals surface area contributed by atoms with Gasteiger partial charge in [0.2, 0.25) is 0 Å². The molecule has 0 radical (unpaired) electrons. The Hall–Kier alpha value is -2.81. The molecule has 3 rings (SSSR count). The van der Waals surface area contributed by atoms with Crippen LogP contribution in [-0.4, -0.2) is 18.7 Å². The first-order chi connectivity index (χ1) is 14.6. The summed E-state index contributed by atoms with van der Waals surface area (Å²) in [6.07, 6.45) is 3.62. The van der Waals surface area contributed by atoms with Crippen molar-refractivity contribution in [3.05, 3.63) is 63.8 Å². The van der Waals surface area contributed by atoms with E-state index in [-0.39, 0.29) is 0 Å². The number of ether oxygens (including phenoxy) is 2. The molecule has 1 heterocycles. The molecule has 2 aromatic carbocycles. The highest BCUT2D eigenvalue weighted by Crippen LogP contribution is 2.31. The molecule has 3 aromatic rings. The quantitative estimate of drug-likeness (QED) is 0.436. The zero-order chi connectivity index (χ0) is 21.5. The Labute approximate surface area is 182 Å². The maximum Gasteiger partial charge on any atom is 0.137 e. The van der Waals surface area contributed by atoms with Gasteiger partial charge in [0, 0.05) is 30.3 Å². The van der Waals surface area contributed by atoms with Gasteiger partial charge in [-0.05, 0) is 48.2 Å². The molecule has 0 amide bonds. The number of hydrogen-bond acceptors (Lipinski definition) is 5. The number of benzene rings is 2. The van der Waals surface area contributed by atoms with Gasteiger partial charge in [-0.15, -0.1) is 0 Å². The van der Waals surface area contributed by atoms with Crippen LogP contribution in [0.4, 0.5) is 5.69 Å². The lowest BCUT2D eigenvalue weighted by atomic mass is 10.0. The average molecular weight is 424 g/mol. The topological polar surface area (TPSA) is 67.2 Å². The largest absolute Gasteiger partial charge is 0.495 e. The molecule has 0 atom stereocenters. The third-order valence-electron chi connectivity index (χ3n) is 4.93. The SMILES string of the molecule is CCCOCc1cnc2c(CC)cc(C#N)cc2c1NCc1ccc(OC)c(Cl)c1. The maximum absolute atomic E-state index is 9.50. The van der Waals surface area contributed by atoms with E-state index in [1.807, 2.05) is 36.5 Å². The molecule has 0 fully saturated rings. The molecule has 0 unspecified atom stereocenters. The van der Waals surface area contributed by atoms with Crippen molar-refractivity contribution in [1.29, 1.82) is 5.26 Å². The fourth-order valence-electron chi connectivity index (χ4n) is 3.41. The third-order valence-corrected chi connectivity index (χ3v) is 5.23. The van der Waals surface area contributed by atoms with Gasteiger partial charge in [0.1, 0.15) is 5.75 Å². The van der Waals surface area contributed by atoms with Crippen molar-refractivity contribution in [1.82, 2.24) is 4.98 Å². The summed E-state index contributed by atoms with van der Waals surface area (Å²) >= 11 is 6.28. The molecule has 0 saturated heterocycles. The van der Waals surface area contributed by atoms with Gasteiger partial charge in [0.25, 0.3) is 0 Å². The van der Waals surface area contributed by atoms with Crippen molar-refractivity contribution in [3.63, 3.8) is 0 Å². The van der Waals surface area contributed by atoms with Gasteiger partial charge in [-0.25, -0.2) is 0 Å². The van der Waals surface area contributed by atoms with E-state index in [1.54, 1.807) is 7.11 Å². The Bertz CT molecular complexity index is 1080. The third kappa shape index (κ3) is 4.84. The van der Waals surface area contributed by atoms with Crippen LogP contribution in [0, 0.1) is 11.3 Å². The predicted molar refractivity (Wildman–Crippen MR) is 121 cm³/mol. The van der Waals surface area contributed by atoms with Gasteiger partial charge < -0.3 is 14.8 Å². The maximum atomic E-state index is 9.50. The minimum atomic E-state index is 0.459. The van der Waals surface area contributed by atoms with Crippen LogP contribution >= 0.6 is 11.6 Å². The first kappa shape index (κ1) is 21.9. The number of anilines is 1. The van der Waals surface area contributed by atoms with Crippen LogP contribution in [0.25, 0.3) is 10.9 Å². The monoisotopic (exact) mass is 423 g/mol. The summed E-state index contributed by atoms with van der Waals surface area (Å²) in [5.41, 5.74) is 5.52. The number of aryl methyl sites for hydroxylation is 1. The van der Waals surface area contributed by atoms with E-state index in [0.717, 1.165) is 46.1 Å². The van der Waals surface area contributed by atoms with Gasteiger partial charge in [-0.3, -0.25) is 4.98 Å². The van der Waals surface area contributed by atoms with E-state index in [2.05, 4.69) is 25.2 Å². The van der Waals surface area contributed by atoms with Crippen LogP contribution in [0.1, 0.15) is 42.5 Å². The Balaban J connectivity index is 2.02. The molecule has 0 bridgehead atoms. The Morgan fingerprint density at radius 1 is 1.17 bits per heavy atom. The summed E-state index contributed by atoms with van der Waals surface area (Å²) in [6, 6.07) is 11.8. The lowest BCUT2D eigenvalue weighted by Gasteiger charge is -2.17. The number of pyridine rings is 1. The van der Waals surface area contributed by atoms with Crippen molar-refractivity contribution in [2.45, 2.75) is 39.8 Å². The van der Waals surface area contributed by atoms with E-state index in [9.17, 15) is 5.26 Å². The first-order valence-corrected chi connectivity index (χ1v) is 10.5. The molecule has 1 aromatic heterocycles. The van der Waals surface area contributed by atoms with Gasteiger partial charge >= 0.3 is 0 Å². The minimum Gasteiger partial charge on any atom is -0.495 e. The Morgan fingerprint density at radius 3 is 2.67 bits per heavy atom. The number of rotatable bonds is 9. The van der Waals surface area contributed by atoms with Crippen molar-refractivity contribution in [2.24, 2.45) is 0 Å². The summed E-state index contributed by atoms with van der Waals surface area (Å²) in [7, 11) is 1.60. The molecule has 156 valence electrons. The number of fused-ring (bicyclic) bond motifs is 1. The minimum absolute atomic E-state index is 0.459. The normalized spacial score (nSPS) is 10.8. The summed E-state index contributed by atoms with van der Waals surface area (Å²) in [6.45, 7) is 5.87. The van der Waals surface area contributed by atoms with Crippen LogP contribution < -0.4 is 10.1 Å². The Kier molecular flexibility index (Phi) is 7.51. The first-order valence-electron chi connectivity index (χ1n) is 10.1. The predicted octanol–water partition coefficient (Wildman–Crippen LogP) is 5.87. The van der Waals surface area contributed by atoms with Crippen molar-refractivity contribution in [2.75, 3.05) is 19.0 Å². The van der Waals surface area contributed by atoms with E-state index in [0.29, 0.717) is 36.1 Å². The highest BCUT2D eigenvalue weighted by atomic mass is 35.5. The molecule has 1 N–H and O–H groups in total. The van der Waals surface area contributed by atoms with E-state index >= 15 is 0 Å². The number of hydrogen-bond donors (Lipinski definition) is 1. The van der Waals surface area contributed by atoms with Crippen LogP contribution in [0.3, 0.4) is 0 Å². The number of nitriles is 1. The van der Waals surface area contributed by atoms with Gasteiger partial charge in [-0.1, -0.05) is 31.5 Å². The molecule has 5 nitrogen and oxygen atoms in total. The van der Waals surface area contributed by atoms with Crippen molar-refractivity contribution in [3.8, 4) is 11.8 Å². The molecule has 6 heteroatoms. The number of nitrogens with zero attached hydrogens (tertiary/aromatic N) is 2. The fourth-order valence-corrected chi connectivity index (χ4v) is 3.69. The Morgan fingerprint density at radius 2 is 2.00 bits per heavy atom. The fraction of sp³-hybridized carbons (Fsp3) is 0.333. The van der Waals surface area contributed by atoms with Gasteiger partial charge in [-0.2, -0.15) is 5.26 Å². The second kappa shape index (κ2) is 10.3.